The van der Waals surface area contributed by atoms with E-state index in [-0.39, 0.29) is 12.4 Å². The van der Waals surface area contributed by atoms with Gasteiger partial charge < -0.3 is 4.74 Å². The Hall–Kier alpha value is 0.220. The Labute approximate surface area is 123 Å². The first-order chi connectivity index (χ1) is 7.83. The summed E-state index contributed by atoms with van der Waals surface area (Å²) in [6, 6.07) is 3.68. The van der Waals surface area contributed by atoms with Crippen LogP contribution in [0.25, 0.3) is 0 Å². The first-order valence-electron chi connectivity index (χ1n) is 4.68. The van der Waals surface area contributed by atoms with Crippen molar-refractivity contribution in [2.24, 2.45) is 0 Å². The minimum atomic E-state index is -3.01. The summed E-state index contributed by atoms with van der Waals surface area (Å²) < 4.78 is 28.9. The molecule has 1 rings (SSSR count). The first-order valence-corrected chi connectivity index (χ1v) is 8.86. The normalized spacial score (nSPS) is 11.5. The van der Waals surface area contributed by atoms with Crippen LogP contribution in [0.4, 0.5) is 0 Å². The number of sulfone groups is 1. The quantitative estimate of drug-likeness (QED) is 0.704. The molecule has 1 aromatic rings. The lowest BCUT2D eigenvalue weighted by atomic mass is 10.2. The maximum atomic E-state index is 11.0. The van der Waals surface area contributed by atoms with Crippen LogP contribution in [0.1, 0.15) is 5.56 Å². The van der Waals surface area contributed by atoms with Crippen molar-refractivity contribution in [1.29, 1.82) is 0 Å². The van der Waals surface area contributed by atoms with Crippen molar-refractivity contribution >= 4 is 53.3 Å². The van der Waals surface area contributed by atoms with Gasteiger partial charge >= 0.3 is 0 Å². The Bertz CT molecular complexity index is 479. The van der Waals surface area contributed by atoms with E-state index in [0.29, 0.717) is 11.6 Å². The number of hydrogen-bond donors (Lipinski definition) is 0. The molecule has 0 unspecified atom stereocenters. The molecule has 3 nitrogen and oxygen atoms in total. The van der Waals surface area contributed by atoms with Gasteiger partial charge in [-0.3, -0.25) is 0 Å². The zero-order chi connectivity index (χ0) is 13.1. The minimum Gasteiger partial charge on any atom is -0.490 e. The lowest BCUT2D eigenvalue weighted by molar-refractivity contribution is 0.337. The van der Waals surface area contributed by atoms with Crippen molar-refractivity contribution in [3.63, 3.8) is 0 Å². The molecule has 17 heavy (non-hydrogen) atoms. The average molecular weight is 407 g/mol. The summed E-state index contributed by atoms with van der Waals surface area (Å²) in [5.41, 5.74) is 0.945. The SMILES string of the molecule is CS(=O)(=O)CCOc1c(Br)cc(CCl)cc1Br. The third kappa shape index (κ3) is 5.16. The molecule has 0 atom stereocenters. The van der Waals surface area contributed by atoms with E-state index in [1.807, 2.05) is 12.1 Å². The summed E-state index contributed by atoms with van der Waals surface area (Å²) in [5, 5.41) is 0. The van der Waals surface area contributed by atoms with Crippen LogP contribution < -0.4 is 4.74 Å². The third-order valence-electron chi connectivity index (χ3n) is 1.91. The monoisotopic (exact) mass is 404 g/mol. The standard InChI is InChI=1S/C10H11Br2ClO3S/c1-17(14,15)3-2-16-10-8(11)4-7(6-13)5-9(10)12/h4-5H,2-3,6H2,1H3. The van der Waals surface area contributed by atoms with Crippen LogP contribution >= 0.6 is 43.5 Å². The van der Waals surface area contributed by atoms with Crippen LogP contribution in [-0.2, 0) is 15.7 Å². The van der Waals surface area contributed by atoms with Crippen LogP contribution in [0.3, 0.4) is 0 Å². The van der Waals surface area contributed by atoms with E-state index >= 15 is 0 Å². The predicted molar refractivity (Wildman–Crippen MR) is 76.6 cm³/mol. The summed E-state index contributed by atoms with van der Waals surface area (Å²) in [6.45, 7) is 0.121. The molecule has 0 radical (unpaired) electrons. The molecule has 0 saturated carbocycles. The van der Waals surface area contributed by atoms with E-state index in [2.05, 4.69) is 31.9 Å². The molecule has 0 aromatic heterocycles. The summed E-state index contributed by atoms with van der Waals surface area (Å²) in [5.74, 6) is 0.978. The van der Waals surface area contributed by atoms with Crippen molar-refractivity contribution in [3.8, 4) is 5.75 Å². The van der Waals surface area contributed by atoms with E-state index in [9.17, 15) is 8.42 Å². The molecule has 0 aliphatic carbocycles. The van der Waals surface area contributed by atoms with Crippen LogP contribution in [0, 0.1) is 0 Å². The first kappa shape index (κ1) is 15.3. The van der Waals surface area contributed by atoms with Gasteiger partial charge in [0.2, 0.25) is 0 Å². The molecule has 0 aliphatic heterocycles. The van der Waals surface area contributed by atoms with E-state index in [1.165, 1.54) is 6.26 Å². The Kier molecular flexibility index (Phi) is 5.76. The van der Waals surface area contributed by atoms with Gasteiger partial charge in [0.25, 0.3) is 0 Å². The highest BCUT2D eigenvalue weighted by Gasteiger charge is 2.10. The predicted octanol–water partition coefficient (Wildman–Crippen LogP) is 3.37. The van der Waals surface area contributed by atoms with E-state index in [0.717, 1.165) is 14.5 Å². The molecule has 0 heterocycles. The van der Waals surface area contributed by atoms with Gasteiger partial charge in [-0.1, -0.05) is 0 Å². The molecule has 0 fully saturated rings. The Balaban J connectivity index is 2.78. The number of halogens is 3. The molecule has 1 aromatic carbocycles. The molecule has 0 aliphatic rings. The van der Waals surface area contributed by atoms with Crippen molar-refractivity contribution in [2.75, 3.05) is 18.6 Å². The van der Waals surface area contributed by atoms with Crippen LogP contribution in [0.2, 0.25) is 0 Å². The van der Waals surface area contributed by atoms with Crippen LogP contribution in [-0.4, -0.2) is 27.0 Å². The van der Waals surface area contributed by atoms with Gasteiger partial charge in [-0.25, -0.2) is 8.42 Å². The van der Waals surface area contributed by atoms with Gasteiger partial charge in [-0.15, -0.1) is 11.6 Å². The average Bonchev–Trinajstić information content (AvgIpc) is 2.20. The largest absolute Gasteiger partial charge is 0.490 e. The molecule has 0 bridgehead atoms. The van der Waals surface area contributed by atoms with E-state index < -0.39 is 9.84 Å². The van der Waals surface area contributed by atoms with Crippen molar-refractivity contribution in [1.82, 2.24) is 0 Å². The number of alkyl halides is 1. The molecule has 0 amide bonds. The molecular weight excluding hydrogens is 395 g/mol. The summed E-state index contributed by atoms with van der Waals surface area (Å²) >= 11 is 12.4. The molecular formula is C10H11Br2ClO3S. The second-order valence-electron chi connectivity index (χ2n) is 3.50. The molecule has 0 saturated heterocycles. The molecule has 0 spiro atoms. The van der Waals surface area contributed by atoms with Gasteiger partial charge in [-0.2, -0.15) is 0 Å². The van der Waals surface area contributed by atoms with Crippen molar-refractivity contribution in [2.45, 2.75) is 5.88 Å². The lowest BCUT2D eigenvalue weighted by Crippen LogP contribution is -2.12. The molecule has 96 valence electrons. The second-order valence-corrected chi connectivity index (χ2v) is 7.74. The summed E-state index contributed by atoms with van der Waals surface area (Å²) in [4.78, 5) is 0. The smallest absolute Gasteiger partial charge is 0.150 e. The van der Waals surface area contributed by atoms with Crippen LogP contribution in [0.15, 0.2) is 21.1 Å². The minimum absolute atomic E-state index is 0.0108. The topological polar surface area (TPSA) is 43.4 Å². The van der Waals surface area contributed by atoms with Crippen molar-refractivity contribution in [3.05, 3.63) is 26.6 Å². The van der Waals surface area contributed by atoms with Gasteiger partial charge in [0.1, 0.15) is 12.4 Å². The number of ether oxygens (including phenoxy) is 1. The van der Waals surface area contributed by atoms with E-state index in [4.69, 9.17) is 16.3 Å². The Morgan fingerprint density at radius 1 is 1.29 bits per heavy atom. The number of rotatable bonds is 5. The van der Waals surface area contributed by atoms with E-state index in [1.54, 1.807) is 0 Å². The summed E-state index contributed by atoms with van der Waals surface area (Å²) in [7, 11) is -3.01. The highest BCUT2D eigenvalue weighted by molar-refractivity contribution is 9.11. The lowest BCUT2D eigenvalue weighted by Gasteiger charge is -2.11. The number of benzene rings is 1. The fourth-order valence-corrected chi connectivity index (χ4v) is 3.17. The third-order valence-corrected chi connectivity index (χ3v) is 4.31. The second kappa shape index (κ2) is 6.41. The summed E-state index contributed by atoms with van der Waals surface area (Å²) in [6.07, 6.45) is 1.18. The van der Waals surface area contributed by atoms with Gasteiger partial charge in [0.05, 0.1) is 14.7 Å². The van der Waals surface area contributed by atoms with Crippen LogP contribution in [0.5, 0.6) is 5.75 Å². The van der Waals surface area contributed by atoms with Crippen molar-refractivity contribution < 1.29 is 13.2 Å². The maximum absolute atomic E-state index is 11.0. The van der Waals surface area contributed by atoms with Gasteiger partial charge in [0, 0.05) is 12.1 Å². The van der Waals surface area contributed by atoms with Gasteiger partial charge in [0.15, 0.2) is 9.84 Å². The Morgan fingerprint density at radius 2 is 1.82 bits per heavy atom. The fourth-order valence-electron chi connectivity index (χ4n) is 1.12. The highest BCUT2D eigenvalue weighted by Crippen LogP contribution is 2.35. The molecule has 0 N–H and O–H groups in total. The zero-order valence-electron chi connectivity index (χ0n) is 9.04. The highest BCUT2D eigenvalue weighted by atomic mass is 79.9. The maximum Gasteiger partial charge on any atom is 0.150 e. The fraction of sp³-hybridized carbons (Fsp3) is 0.400. The zero-order valence-corrected chi connectivity index (χ0v) is 13.8. The number of hydrogen-bond acceptors (Lipinski definition) is 3. The Morgan fingerprint density at radius 3 is 2.24 bits per heavy atom. The molecule has 7 heteroatoms. The van der Waals surface area contributed by atoms with Gasteiger partial charge in [-0.05, 0) is 49.6 Å².